The molecule has 1 aromatic carbocycles. The number of halogens is 3. The van der Waals surface area contributed by atoms with Crippen LogP contribution in [0.4, 0.5) is 18.9 Å². The Morgan fingerprint density at radius 1 is 1.31 bits per heavy atom. The minimum absolute atomic E-state index is 0.0357. The fraction of sp³-hybridized carbons (Fsp3) is 0.200. The minimum Gasteiger partial charge on any atom is -0.486 e. The molecule has 0 aromatic heterocycles. The summed E-state index contributed by atoms with van der Waals surface area (Å²) < 4.78 is 44.9. The second-order valence-corrected chi connectivity index (χ2v) is 2.85. The summed E-state index contributed by atoms with van der Waals surface area (Å²) in [5.41, 5.74) is 5.51. The molecule has 88 valence electrons. The van der Waals surface area contributed by atoms with Gasteiger partial charge in [0.2, 0.25) is 0 Å². The van der Waals surface area contributed by atoms with Crippen molar-refractivity contribution < 1.29 is 22.6 Å². The van der Waals surface area contributed by atoms with Crippen LogP contribution >= 0.6 is 0 Å². The molecule has 0 heterocycles. The topological polar surface area (TPSA) is 44.5 Å². The SMILES string of the molecule is C=CCOc1ccc(N)cc1OC(F)(F)F. The van der Waals surface area contributed by atoms with Gasteiger partial charge in [0.05, 0.1) is 0 Å². The van der Waals surface area contributed by atoms with Gasteiger partial charge in [0.1, 0.15) is 6.61 Å². The van der Waals surface area contributed by atoms with Crippen LogP contribution in [0.5, 0.6) is 11.5 Å². The van der Waals surface area contributed by atoms with Crippen molar-refractivity contribution in [3.63, 3.8) is 0 Å². The van der Waals surface area contributed by atoms with Gasteiger partial charge in [-0.3, -0.25) is 0 Å². The molecule has 0 fully saturated rings. The molecule has 1 aromatic rings. The van der Waals surface area contributed by atoms with Crippen molar-refractivity contribution in [1.82, 2.24) is 0 Å². The maximum absolute atomic E-state index is 12.0. The van der Waals surface area contributed by atoms with Crippen molar-refractivity contribution >= 4 is 5.69 Å². The first-order valence-corrected chi connectivity index (χ1v) is 4.31. The van der Waals surface area contributed by atoms with Crippen LogP contribution in [0.2, 0.25) is 0 Å². The van der Waals surface area contributed by atoms with Gasteiger partial charge < -0.3 is 15.2 Å². The van der Waals surface area contributed by atoms with Crippen LogP contribution in [0.25, 0.3) is 0 Å². The molecule has 6 heteroatoms. The first kappa shape index (κ1) is 12.2. The summed E-state index contributed by atoms with van der Waals surface area (Å²) in [7, 11) is 0. The average Bonchev–Trinajstić information content (AvgIpc) is 2.14. The van der Waals surface area contributed by atoms with E-state index >= 15 is 0 Å². The van der Waals surface area contributed by atoms with Gasteiger partial charge in [0.15, 0.2) is 11.5 Å². The van der Waals surface area contributed by atoms with Crippen LogP contribution in [0.1, 0.15) is 0 Å². The molecule has 0 aliphatic carbocycles. The number of hydrogen-bond acceptors (Lipinski definition) is 3. The van der Waals surface area contributed by atoms with Gasteiger partial charge in [-0.2, -0.15) is 0 Å². The highest BCUT2D eigenvalue weighted by molar-refractivity contribution is 5.52. The lowest BCUT2D eigenvalue weighted by atomic mass is 10.3. The van der Waals surface area contributed by atoms with Crippen LogP contribution in [0.3, 0.4) is 0 Å². The zero-order chi connectivity index (χ0) is 12.2. The lowest BCUT2D eigenvalue weighted by molar-refractivity contribution is -0.275. The molecule has 2 N–H and O–H groups in total. The van der Waals surface area contributed by atoms with Crippen molar-refractivity contribution in [1.29, 1.82) is 0 Å². The highest BCUT2D eigenvalue weighted by Crippen LogP contribution is 2.33. The van der Waals surface area contributed by atoms with Gasteiger partial charge in [0, 0.05) is 11.8 Å². The zero-order valence-corrected chi connectivity index (χ0v) is 8.25. The predicted molar refractivity (Wildman–Crippen MR) is 53.2 cm³/mol. The molecular formula is C10H10F3NO2. The second kappa shape index (κ2) is 4.78. The van der Waals surface area contributed by atoms with Crippen LogP contribution in [-0.4, -0.2) is 13.0 Å². The number of rotatable bonds is 4. The summed E-state index contributed by atoms with van der Waals surface area (Å²) in [5.74, 6) is -0.499. The molecule has 0 unspecified atom stereocenters. The summed E-state index contributed by atoms with van der Waals surface area (Å²) in [4.78, 5) is 0. The number of ether oxygens (including phenoxy) is 2. The molecule has 0 amide bonds. The van der Waals surface area contributed by atoms with Crippen molar-refractivity contribution in [3.8, 4) is 11.5 Å². The van der Waals surface area contributed by atoms with Gasteiger partial charge in [-0.25, -0.2) is 0 Å². The van der Waals surface area contributed by atoms with Crippen molar-refractivity contribution in [2.45, 2.75) is 6.36 Å². The molecule has 0 spiro atoms. The number of nitrogen functional groups attached to an aromatic ring is 1. The smallest absolute Gasteiger partial charge is 0.486 e. The molecule has 1 rings (SSSR count). The molecule has 0 aliphatic rings. The van der Waals surface area contributed by atoms with Gasteiger partial charge in [-0.05, 0) is 12.1 Å². The van der Waals surface area contributed by atoms with Crippen LogP contribution in [0.15, 0.2) is 30.9 Å². The van der Waals surface area contributed by atoms with Gasteiger partial charge >= 0.3 is 6.36 Å². The lowest BCUT2D eigenvalue weighted by Gasteiger charge is -2.13. The first-order chi connectivity index (χ1) is 7.42. The predicted octanol–water partition coefficient (Wildman–Crippen LogP) is 2.73. The van der Waals surface area contributed by atoms with Gasteiger partial charge in [-0.1, -0.05) is 12.7 Å². The van der Waals surface area contributed by atoms with E-state index in [0.29, 0.717) is 0 Å². The first-order valence-electron chi connectivity index (χ1n) is 4.31. The van der Waals surface area contributed by atoms with E-state index in [-0.39, 0.29) is 18.0 Å². The standard InChI is InChI=1S/C10H10F3NO2/c1-2-5-15-8-4-3-7(14)6-9(8)16-10(11,12)13/h2-4,6H,1,5,14H2. The summed E-state index contributed by atoms with van der Waals surface area (Å²) >= 11 is 0. The van der Waals surface area contributed by atoms with E-state index < -0.39 is 12.1 Å². The molecular weight excluding hydrogens is 223 g/mol. The summed E-state index contributed by atoms with van der Waals surface area (Å²) in [5, 5.41) is 0. The number of alkyl halides is 3. The van der Waals surface area contributed by atoms with E-state index in [9.17, 15) is 13.2 Å². The van der Waals surface area contributed by atoms with Crippen molar-refractivity contribution in [2.24, 2.45) is 0 Å². The average molecular weight is 233 g/mol. The molecule has 0 atom stereocenters. The molecule has 16 heavy (non-hydrogen) atoms. The lowest BCUT2D eigenvalue weighted by Crippen LogP contribution is -2.18. The number of nitrogens with two attached hydrogens (primary N) is 1. The summed E-state index contributed by atoms with van der Waals surface area (Å²) in [6, 6.07) is 3.77. The number of anilines is 1. The molecule has 0 saturated heterocycles. The Balaban J connectivity index is 2.93. The minimum atomic E-state index is -4.78. The summed E-state index contributed by atoms with van der Waals surface area (Å²) in [6.07, 6.45) is -3.37. The summed E-state index contributed by atoms with van der Waals surface area (Å²) in [6.45, 7) is 3.47. The zero-order valence-electron chi connectivity index (χ0n) is 8.25. The Hall–Kier alpha value is -1.85. The maximum atomic E-state index is 12.0. The maximum Gasteiger partial charge on any atom is 0.573 e. The van der Waals surface area contributed by atoms with E-state index in [0.717, 1.165) is 6.07 Å². The van der Waals surface area contributed by atoms with Crippen LogP contribution < -0.4 is 15.2 Å². The Morgan fingerprint density at radius 3 is 2.56 bits per heavy atom. The molecule has 0 bridgehead atoms. The highest BCUT2D eigenvalue weighted by Gasteiger charge is 2.32. The van der Waals surface area contributed by atoms with Gasteiger partial charge in [0.25, 0.3) is 0 Å². The van der Waals surface area contributed by atoms with E-state index in [1.807, 2.05) is 0 Å². The van der Waals surface area contributed by atoms with Crippen molar-refractivity contribution in [2.75, 3.05) is 12.3 Å². The van der Waals surface area contributed by atoms with Crippen LogP contribution in [0, 0.1) is 0 Å². The Morgan fingerprint density at radius 2 is 2.00 bits per heavy atom. The quantitative estimate of drug-likeness (QED) is 0.642. The third-order valence-electron chi connectivity index (χ3n) is 1.55. The molecule has 0 radical (unpaired) electrons. The van der Waals surface area contributed by atoms with E-state index in [2.05, 4.69) is 11.3 Å². The van der Waals surface area contributed by atoms with Gasteiger partial charge in [-0.15, -0.1) is 13.2 Å². The molecule has 3 nitrogen and oxygen atoms in total. The Kier molecular flexibility index (Phi) is 3.65. The molecule has 0 aliphatic heterocycles. The fourth-order valence-corrected chi connectivity index (χ4v) is 0.997. The number of benzene rings is 1. The third-order valence-corrected chi connectivity index (χ3v) is 1.55. The molecule has 0 saturated carbocycles. The van der Waals surface area contributed by atoms with Crippen LogP contribution in [-0.2, 0) is 0 Å². The largest absolute Gasteiger partial charge is 0.573 e. The second-order valence-electron chi connectivity index (χ2n) is 2.85. The number of hydrogen-bond donors (Lipinski definition) is 1. The Labute approximate surface area is 90.3 Å². The van der Waals surface area contributed by atoms with Crippen molar-refractivity contribution in [3.05, 3.63) is 30.9 Å². The highest BCUT2D eigenvalue weighted by atomic mass is 19.4. The van der Waals surface area contributed by atoms with E-state index in [1.54, 1.807) is 0 Å². The van der Waals surface area contributed by atoms with E-state index in [1.165, 1.54) is 18.2 Å². The fourth-order valence-electron chi connectivity index (χ4n) is 0.997. The third kappa shape index (κ3) is 3.72. The Bertz CT molecular complexity index is 377. The normalized spacial score (nSPS) is 10.9. The van der Waals surface area contributed by atoms with E-state index in [4.69, 9.17) is 10.5 Å². The monoisotopic (exact) mass is 233 g/mol.